The first-order chi connectivity index (χ1) is 15.0. The van der Waals surface area contributed by atoms with Crippen molar-refractivity contribution in [1.82, 2.24) is 19.3 Å². The van der Waals surface area contributed by atoms with Crippen LogP contribution in [0.2, 0.25) is 0 Å². The van der Waals surface area contributed by atoms with Gasteiger partial charge in [0.15, 0.2) is 0 Å². The van der Waals surface area contributed by atoms with Crippen molar-refractivity contribution < 1.29 is 19.1 Å². The summed E-state index contributed by atoms with van der Waals surface area (Å²) in [5.41, 5.74) is 2.85. The summed E-state index contributed by atoms with van der Waals surface area (Å²) >= 11 is 0. The maximum atomic E-state index is 13.1. The maximum absolute atomic E-state index is 13.1. The monoisotopic (exact) mass is 423 g/mol. The molecule has 3 aromatic rings. The predicted octanol–water partition coefficient (Wildman–Crippen LogP) is 3.50. The Labute approximate surface area is 179 Å². The smallest absolute Gasteiger partial charge is 0.338 e. The Kier molecular flexibility index (Phi) is 5.50. The number of methoxy groups -OCH3 is 1. The molecule has 3 heterocycles. The summed E-state index contributed by atoms with van der Waals surface area (Å²) in [5.74, 6) is 0.145. The Morgan fingerprint density at radius 1 is 1.39 bits per heavy atom. The molecule has 0 saturated carbocycles. The molecule has 9 nitrogen and oxygen atoms in total. The molecule has 4 rings (SSSR count). The number of amides is 1. The minimum Gasteiger partial charge on any atom is -0.489 e. The first kappa shape index (κ1) is 20.6. The van der Waals surface area contributed by atoms with E-state index in [1.54, 1.807) is 29.0 Å². The number of nitrogens with one attached hydrogen (secondary N) is 1. The van der Waals surface area contributed by atoms with Gasteiger partial charge in [0.2, 0.25) is 5.95 Å². The molecule has 0 radical (unpaired) electrons. The van der Waals surface area contributed by atoms with Crippen LogP contribution in [0.3, 0.4) is 0 Å². The lowest BCUT2D eigenvalue weighted by molar-refractivity contribution is 0.0600. The van der Waals surface area contributed by atoms with Crippen molar-refractivity contribution in [2.75, 3.05) is 19.0 Å². The zero-order valence-corrected chi connectivity index (χ0v) is 17.8. The molecular formula is C22H25N5O4. The molecule has 0 bridgehead atoms. The summed E-state index contributed by atoms with van der Waals surface area (Å²) in [6, 6.07) is 4.95. The van der Waals surface area contributed by atoms with Gasteiger partial charge in [-0.3, -0.25) is 19.4 Å². The minimum atomic E-state index is -0.478. The van der Waals surface area contributed by atoms with Crippen LogP contribution in [-0.4, -0.2) is 44.9 Å². The molecule has 0 aliphatic carbocycles. The van der Waals surface area contributed by atoms with Crippen LogP contribution in [0.25, 0.3) is 11.0 Å². The number of allylic oxidation sites excluding steroid dienone is 1. The Balaban J connectivity index is 1.80. The van der Waals surface area contributed by atoms with Gasteiger partial charge in [-0.25, -0.2) is 9.78 Å². The summed E-state index contributed by atoms with van der Waals surface area (Å²) in [4.78, 5) is 29.8. The Morgan fingerprint density at radius 3 is 2.90 bits per heavy atom. The highest BCUT2D eigenvalue weighted by Gasteiger charge is 2.29. The number of hydrogen-bond donors (Lipinski definition) is 1. The Morgan fingerprint density at radius 2 is 2.19 bits per heavy atom. The zero-order valence-electron chi connectivity index (χ0n) is 17.8. The lowest BCUT2D eigenvalue weighted by Crippen LogP contribution is -2.26. The van der Waals surface area contributed by atoms with E-state index in [9.17, 15) is 9.59 Å². The van der Waals surface area contributed by atoms with Crippen molar-refractivity contribution >= 4 is 28.9 Å². The van der Waals surface area contributed by atoms with Crippen LogP contribution in [0.15, 0.2) is 30.9 Å². The summed E-state index contributed by atoms with van der Waals surface area (Å²) in [6.07, 6.45) is 3.30. The fourth-order valence-corrected chi connectivity index (χ4v) is 3.89. The molecule has 1 atom stereocenters. The van der Waals surface area contributed by atoms with Crippen LogP contribution in [0.4, 0.5) is 5.95 Å². The zero-order chi connectivity index (χ0) is 22.1. The summed E-state index contributed by atoms with van der Waals surface area (Å²) in [7, 11) is 1.32. The Bertz CT molecular complexity index is 1180. The van der Waals surface area contributed by atoms with Gasteiger partial charge in [0, 0.05) is 6.54 Å². The molecule has 1 aromatic carbocycles. The lowest BCUT2D eigenvalue weighted by atomic mass is 10.1. The van der Waals surface area contributed by atoms with Crippen LogP contribution in [0.5, 0.6) is 5.75 Å². The molecule has 1 aliphatic rings. The first-order valence-corrected chi connectivity index (χ1v) is 10.2. The topological polar surface area (TPSA) is 100 Å². The number of rotatable bonds is 7. The van der Waals surface area contributed by atoms with Gasteiger partial charge >= 0.3 is 5.97 Å². The molecule has 9 heteroatoms. The van der Waals surface area contributed by atoms with Gasteiger partial charge in [0.1, 0.15) is 23.6 Å². The highest BCUT2D eigenvalue weighted by Crippen LogP contribution is 2.38. The number of hydrogen-bond acceptors (Lipinski definition) is 6. The normalized spacial score (nSPS) is 14.9. The van der Waals surface area contributed by atoms with Gasteiger partial charge < -0.3 is 9.47 Å². The van der Waals surface area contributed by atoms with E-state index >= 15 is 0 Å². The third-order valence-electron chi connectivity index (χ3n) is 5.20. The largest absolute Gasteiger partial charge is 0.489 e. The molecule has 31 heavy (non-hydrogen) atoms. The molecular weight excluding hydrogens is 398 g/mol. The van der Waals surface area contributed by atoms with Gasteiger partial charge in [-0.15, -0.1) is 6.58 Å². The van der Waals surface area contributed by atoms with E-state index in [1.807, 2.05) is 18.4 Å². The molecule has 1 aliphatic heterocycles. The van der Waals surface area contributed by atoms with E-state index in [4.69, 9.17) is 9.47 Å². The van der Waals surface area contributed by atoms with Crippen LogP contribution < -0.4 is 10.1 Å². The number of carbonyl (C=O) groups is 2. The van der Waals surface area contributed by atoms with Crippen molar-refractivity contribution in [3.63, 3.8) is 0 Å². The third kappa shape index (κ3) is 3.67. The van der Waals surface area contributed by atoms with Crippen molar-refractivity contribution in [3.05, 3.63) is 47.8 Å². The van der Waals surface area contributed by atoms with E-state index in [0.717, 1.165) is 17.6 Å². The number of carbonyl (C=O) groups excluding carboxylic acids is 2. The predicted molar refractivity (Wildman–Crippen MR) is 116 cm³/mol. The number of imidazole rings is 1. The van der Waals surface area contributed by atoms with E-state index in [2.05, 4.69) is 22.0 Å². The third-order valence-corrected chi connectivity index (χ3v) is 5.20. The van der Waals surface area contributed by atoms with E-state index in [0.29, 0.717) is 48.0 Å². The standard InChI is InChI=1S/C22H25N5O4/c1-5-7-15-12-31-18-11-14(21(29)30-4)10-16-19(18)27(15)22(23-16)24-20(28)17-9-13(3)25-26(17)8-6-2/h5,9-11,15H,1,6-8,12H2,2-4H3,(H,23,24,28). The van der Waals surface area contributed by atoms with E-state index in [-0.39, 0.29) is 11.9 Å². The fourth-order valence-electron chi connectivity index (χ4n) is 3.89. The second kappa shape index (κ2) is 8.25. The van der Waals surface area contributed by atoms with Crippen molar-refractivity contribution in [2.45, 2.75) is 39.3 Å². The molecule has 0 saturated heterocycles. The van der Waals surface area contributed by atoms with Crippen molar-refractivity contribution in [2.24, 2.45) is 0 Å². The average molecular weight is 423 g/mol. The Hall–Kier alpha value is -3.62. The van der Waals surface area contributed by atoms with Crippen LogP contribution in [0.1, 0.15) is 52.3 Å². The molecule has 1 unspecified atom stereocenters. The number of benzene rings is 1. The van der Waals surface area contributed by atoms with E-state index < -0.39 is 5.97 Å². The fraction of sp³-hybridized carbons (Fsp3) is 0.364. The molecule has 2 aromatic heterocycles. The highest BCUT2D eigenvalue weighted by atomic mass is 16.5. The average Bonchev–Trinajstić information content (AvgIpc) is 3.30. The summed E-state index contributed by atoms with van der Waals surface area (Å²) in [5, 5.41) is 7.34. The SMILES string of the molecule is C=CCC1COc2cc(C(=O)OC)cc3nc(NC(=O)c4cc(C)nn4CCC)n1c23. The quantitative estimate of drug-likeness (QED) is 0.461. The molecule has 162 valence electrons. The number of aromatic nitrogens is 4. The maximum Gasteiger partial charge on any atom is 0.338 e. The second-order valence-corrected chi connectivity index (χ2v) is 7.48. The number of ether oxygens (including phenoxy) is 2. The number of anilines is 1. The van der Waals surface area contributed by atoms with Crippen LogP contribution in [0, 0.1) is 6.92 Å². The summed E-state index contributed by atoms with van der Waals surface area (Å²) in [6.45, 7) is 8.73. The van der Waals surface area contributed by atoms with Gasteiger partial charge in [-0.2, -0.15) is 5.10 Å². The van der Waals surface area contributed by atoms with Crippen molar-refractivity contribution in [1.29, 1.82) is 0 Å². The minimum absolute atomic E-state index is 0.0865. The molecule has 1 amide bonds. The number of aryl methyl sites for hydroxylation is 2. The highest BCUT2D eigenvalue weighted by molar-refractivity contribution is 6.04. The van der Waals surface area contributed by atoms with Gasteiger partial charge in [0.05, 0.1) is 29.9 Å². The van der Waals surface area contributed by atoms with Gasteiger partial charge in [-0.05, 0) is 38.0 Å². The lowest BCUT2D eigenvalue weighted by Gasteiger charge is -2.26. The molecule has 1 N–H and O–H groups in total. The van der Waals surface area contributed by atoms with Crippen molar-refractivity contribution in [3.8, 4) is 5.75 Å². The molecule has 0 spiro atoms. The second-order valence-electron chi connectivity index (χ2n) is 7.48. The van der Waals surface area contributed by atoms with Gasteiger partial charge in [0.25, 0.3) is 5.91 Å². The first-order valence-electron chi connectivity index (χ1n) is 10.2. The molecule has 0 fully saturated rings. The number of nitrogens with zero attached hydrogens (tertiary/aromatic N) is 4. The summed E-state index contributed by atoms with van der Waals surface area (Å²) < 4.78 is 14.4. The van der Waals surface area contributed by atoms with Gasteiger partial charge in [-0.1, -0.05) is 13.0 Å². The van der Waals surface area contributed by atoms with Crippen LogP contribution in [-0.2, 0) is 11.3 Å². The number of esters is 1. The van der Waals surface area contributed by atoms with E-state index in [1.165, 1.54) is 7.11 Å². The van der Waals surface area contributed by atoms with Crippen LogP contribution >= 0.6 is 0 Å².